The van der Waals surface area contributed by atoms with Crippen molar-refractivity contribution in [1.29, 1.82) is 0 Å². The van der Waals surface area contributed by atoms with Gasteiger partial charge in [0.2, 0.25) is 15.9 Å². The van der Waals surface area contributed by atoms with Crippen LogP contribution in [0.1, 0.15) is 24.3 Å². The summed E-state index contributed by atoms with van der Waals surface area (Å²) in [5.74, 6) is -1.63. The summed E-state index contributed by atoms with van der Waals surface area (Å²) in [7, 11) is -3.80. The van der Waals surface area contributed by atoms with Crippen LogP contribution in [-0.2, 0) is 21.3 Å². The molecule has 13 heteroatoms. The van der Waals surface area contributed by atoms with Crippen molar-refractivity contribution in [1.82, 2.24) is 15.1 Å². The van der Waals surface area contributed by atoms with E-state index in [0.29, 0.717) is 37.3 Å². The van der Waals surface area contributed by atoms with Gasteiger partial charge in [0, 0.05) is 18.7 Å². The molecule has 1 aliphatic heterocycles. The molecule has 0 aliphatic carbocycles. The predicted octanol–water partition coefficient (Wildman–Crippen LogP) is 4.53. The lowest BCUT2D eigenvalue weighted by atomic mass is 10.1. The zero-order valence-corrected chi connectivity index (χ0v) is 20.7. The standard InChI is InChI=1S/C23H24ClF3N4O4S/c24-19-14-18(6-7-20(19)25)31(36(32,33)13-1-8-30-9-11-34-12-10-30)15-16-2-4-17(5-3-16)22-28-29-23(35-22)21(26)27/h2-7,14,21H,1,8-13,15H2. The number of nitrogens with zero attached hydrogens (tertiary/aromatic N) is 4. The largest absolute Gasteiger partial charge is 0.415 e. The molecule has 3 aromatic rings. The van der Waals surface area contributed by atoms with E-state index in [2.05, 4.69) is 15.1 Å². The van der Waals surface area contributed by atoms with E-state index in [4.69, 9.17) is 20.8 Å². The van der Waals surface area contributed by atoms with Gasteiger partial charge in [-0.1, -0.05) is 23.7 Å². The van der Waals surface area contributed by atoms with Crippen molar-refractivity contribution in [2.45, 2.75) is 19.4 Å². The number of halogens is 4. The Kier molecular flexibility index (Phi) is 8.50. The molecule has 2 heterocycles. The Balaban J connectivity index is 1.52. The van der Waals surface area contributed by atoms with Gasteiger partial charge >= 0.3 is 6.43 Å². The first kappa shape index (κ1) is 26.4. The van der Waals surface area contributed by atoms with Gasteiger partial charge in [0.15, 0.2) is 0 Å². The number of benzene rings is 2. The molecule has 1 aliphatic rings. The molecule has 0 spiro atoms. The molecular formula is C23H24ClF3N4O4S. The highest BCUT2D eigenvalue weighted by Gasteiger charge is 2.25. The molecule has 1 saturated heterocycles. The SMILES string of the molecule is O=S(=O)(CCCN1CCOCC1)N(Cc1ccc(-c2nnc(C(F)F)o2)cc1)c1ccc(F)c(Cl)c1. The number of aromatic nitrogens is 2. The summed E-state index contributed by atoms with van der Waals surface area (Å²) in [6.45, 7) is 3.31. The Morgan fingerprint density at radius 1 is 1.08 bits per heavy atom. The molecule has 0 saturated carbocycles. The first-order chi connectivity index (χ1) is 17.2. The Morgan fingerprint density at radius 2 is 1.81 bits per heavy atom. The highest BCUT2D eigenvalue weighted by molar-refractivity contribution is 7.92. The first-order valence-corrected chi connectivity index (χ1v) is 13.2. The number of morpholine rings is 1. The number of rotatable bonds is 10. The van der Waals surface area contributed by atoms with E-state index in [9.17, 15) is 21.6 Å². The Labute approximate surface area is 211 Å². The molecule has 0 radical (unpaired) electrons. The van der Waals surface area contributed by atoms with Crippen molar-refractivity contribution in [3.63, 3.8) is 0 Å². The van der Waals surface area contributed by atoms with E-state index in [0.717, 1.165) is 19.2 Å². The number of hydrogen-bond donors (Lipinski definition) is 0. The van der Waals surface area contributed by atoms with Gasteiger partial charge < -0.3 is 9.15 Å². The second kappa shape index (κ2) is 11.6. The van der Waals surface area contributed by atoms with Crippen molar-refractivity contribution < 1.29 is 30.7 Å². The molecule has 0 amide bonds. The van der Waals surface area contributed by atoms with Crippen molar-refractivity contribution in [2.24, 2.45) is 0 Å². The fourth-order valence-corrected chi connectivity index (χ4v) is 5.42. The lowest BCUT2D eigenvalue weighted by Crippen LogP contribution is -2.38. The monoisotopic (exact) mass is 544 g/mol. The zero-order chi connectivity index (χ0) is 25.7. The maximum atomic E-state index is 13.8. The van der Waals surface area contributed by atoms with Gasteiger partial charge in [-0.3, -0.25) is 9.21 Å². The fourth-order valence-electron chi connectivity index (χ4n) is 3.75. The van der Waals surface area contributed by atoms with E-state index in [1.807, 2.05) is 0 Å². The minimum absolute atomic E-state index is 0.0474. The second-order valence-electron chi connectivity index (χ2n) is 8.17. The maximum Gasteiger partial charge on any atom is 0.314 e. The van der Waals surface area contributed by atoms with Gasteiger partial charge in [0.25, 0.3) is 5.89 Å². The van der Waals surface area contributed by atoms with E-state index in [1.54, 1.807) is 24.3 Å². The minimum Gasteiger partial charge on any atom is -0.415 e. The van der Waals surface area contributed by atoms with Crippen LogP contribution in [0.5, 0.6) is 0 Å². The summed E-state index contributed by atoms with van der Waals surface area (Å²) < 4.78 is 77.4. The lowest BCUT2D eigenvalue weighted by molar-refractivity contribution is 0.0381. The Bertz CT molecular complexity index is 1270. The average Bonchev–Trinajstić information content (AvgIpc) is 3.36. The lowest BCUT2D eigenvalue weighted by Gasteiger charge is -2.28. The third-order valence-electron chi connectivity index (χ3n) is 5.66. The third kappa shape index (κ3) is 6.55. The number of ether oxygens (including phenoxy) is 1. The van der Waals surface area contributed by atoms with E-state index in [1.165, 1.54) is 16.4 Å². The van der Waals surface area contributed by atoms with Crippen molar-refractivity contribution in [3.8, 4) is 11.5 Å². The third-order valence-corrected chi connectivity index (χ3v) is 7.77. The van der Waals surface area contributed by atoms with Crippen LogP contribution < -0.4 is 4.31 Å². The summed E-state index contributed by atoms with van der Waals surface area (Å²) in [6, 6.07) is 10.1. The molecule has 8 nitrogen and oxygen atoms in total. The van der Waals surface area contributed by atoms with E-state index in [-0.39, 0.29) is 28.9 Å². The summed E-state index contributed by atoms with van der Waals surface area (Å²) in [5.41, 5.74) is 1.24. The normalized spacial score (nSPS) is 14.9. The van der Waals surface area contributed by atoms with Gasteiger partial charge in [0.1, 0.15) is 5.82 Å². The Morgan fingerprint density at radius 3 is 2.44 bits per heavy atom. The molecule has 0 unspecified atom stereocenters. The summed E-state index contributed by atoms with van der Waals surface area (Å²) >= 11 is 5.94. The van der Waals surface area contributed by atoms with Crippen LogP contribution in [0.2, 0.25) is 5.02 Å². The molecule has 194 valence electrons. The summed E-state index contributed by atoms with van der Waals surface area (Å²) in [6.07, 6.45) is -2.47. The van der Waals surface area contributed by atoms with Gasteiger partial charge in [-0.15, -0.1) is 10.2 Å². The molecule has 1 aromatic heterocycles. The fraction of sp³-hybridized carbons (Fsp3) is 0.391. The molecule has 36 heavy (non-hydrogen) atoms. The van der Waals surface area contributed by atoms with Gasteiger partial charge in [0.05, 0.1) is 36.2 Å². The topological polar surface area (TPSA) is 88.8 Å². The second-order valence-corrected chi connectivity index (χ2v) is 10.6. The van der Waals surface area contributed by atoms with Crippen LogP contribution in [0.25, 0.3) is 11.5 Å². The van der Waals surface area contributed by atoms with Gasteiger partial charge in [-0.2, -0.15) is 8.78 Å². The van der Waals surface area contributed by atoms with Crippen LogP contribution in [0.15, 0.2) is 46.9 Å². The molecule has 2 aromatic carbocycles. The number of hydrogen-bond acceptors (Lipinski definition) is 7. The number of alkyl halides is 2. The molecule has 0 atom stereocenters. The van der Waals surface area contributed by atoms with Crippen LogP contribution in [0.3, 0.4) is 0 Å². The molecule has 4 rings (SSSR count). The van der Waals surface area contributed by atoms with E-state index < -0.39 is 28.2 Å². The number of sulfonamides is 1. The smallest absolute Gasteiger partial charge is 0.314 e. The van der Waals surface area contributed by atoms with Crippen LogP contribution >= 0.6 is 11.6 Å². The molecule has 0 bridgehead atoms. The van der Waals surface area contributed by atoms with Crippen molar-refractivity contribution >= 4 is 27.3 Å². The van der Waals surface area contributed by atoms with Crippen LogP contribution in [0.4, 0.5) is 18.9 Å². The van der Waals surface area contributed by atoms with Gasteiger partial charge in [-0.25, -0.2) is 12.8 Å². The number of anilines is 1. The van der Waals surface area contributed by atoms with Crippen molar-refractivity contribution in [3.05, 3.63) is 64.8 Å². The van der Waals surface area contributed by atoms with E-state index >= 15 is 0 Å². The maximum absolute atomic E-state index is 13.8. The molecular weight excluding hydrogens is 521 g/mol. The highest BCUT2D eigenvalue weighted by atomic mass is 35.5. The van der Waals surface area contributed by atoms with Crippen LogP contribution in [-0.4, -0.2) is 62.1 Å². The van der Waals surface area contributed by atoms with Crippen molar-refractivity contribution in [2.75, 3.05) is 42.9 Å². The average molecular weight is 545 g/mol. The highest BCUT2D eigenvalue weighted by Crippen LogP contribution is 2.28. The van der Waals surface area contributed by atoms with Crippen LogP contribution in [0, 0.1) is 5.82 Å². The van der Waals surface area contributed by atoms with Gasteiger partial charge in [-0.05, 0) is 48.9 Å². The Hall–Kier alpha value is -2.67. The minimum atomic E-state index is -3.80. The molecule has 1 fully saturated rings. The zero-order valence-electron chi connectivity index (χ0n) is 19.1. The molecule has 0 N–H and O–H groups in total. The first-order valence-electron chi connectivity index (χ1n) is 11.2. The quantitative estimate of drug-likeness (QED) is 0.370. The summed E-state index contributed by atoms with van der Waals surface area (Å²) in [5, 5.41) is 6.72. The summed E-state index contributed by atoms with van der Waals surface area (Å²) in [4.78, 5) is 2.15. The predicted molar refractivity (Wildman–Crippen MR) is 128 cm³/mol.